The highest BCUT2D eigenvalue weighted by Crippen LogP contribution is 2.34. The fourth-order valence-electron chi connectivity index (χ4n) is 3.66. The molecule has 196 valence electrons. The van der Waals surface area contributed by atoms with Crippen molar-refractivity contribution < 1.29 is 33.3 Å². The average Bonchev–Trinajstić information content (AvgIpc) is 3.58. The summed E-state index contributed by atoms with van der Waals surface area (Å²) in [6, 6.07) is 15.5. The van der Waals surface area contributed by atoms with Gasteiger partial charge in [-0.25, -0.2) is 9.59 Å². The molecule has 10 nitrogen and oxygen atoms in total. The van der Waals surface area contributed by atoms with Crippen LogP contribution in [0.3, 0.4) is 0 Å². The SMILES string of the molecule is CCn1c(S/C(=C\c2ccc(-c3cccc(C(=O)OC)c3)o2)C(=O)O)nnc1-c1cc(OC)cc(OC)c1. The first kappa shape index (κ1) is 26.6. The lowest BCUT2D eigenvalue weighted by Gasteiger charge is -2.10. The Morgan fingerprint density at radius 3 is 2.37 bits per heavy atom. The summed E-state index contributed by atoms with van der Waals surface area (Å²) >= 11 is 0.960. The van der Waals surface area contributed by atoms with Gasteiger partial charge in [0.15, 0.2) is 11.0 Å². The Hall–Kier alpha value is -4.51. The second kappa shape index (κ2) is 11.7. The van der Waals surface area contributed by atoms with Gasteiger partial charge in [-0.1, -0.05) is 12.1 Å². The number of nitrogens with zero attached hydrogens (tertiary/aromatic N) is 3. The van der Waals surface area contributed by atoms with Crippen molar-refractivity contribution in [1.82, 2.24) is 14.8 Å². The molecule has 0 radical (unpaired) electrons. The number of carboxylic acid groups (broad SMARTS) is 1. The Labute approximate surface area is 222 Å². The molecule has 0 atom stereocenters. The highest BCUT2D eigenvalue weighted by molar-refractivity contribution is 8.04. The molecule has 0 bridgehead atoms. The Kier molecular flexibility index (Phi) is 8.17. The van der Waals surface area contributed by atoms with Crippen LogP contribution in [-0.2, 0) is 16.1 Å². The van der Waals surface area contributed by atoms with Gasteiger partial charge < -0.3 is 28.3 Å². The van der Waals surface area contributed by atoms with Gasteiger partial charge in [0, 0.05) is 29.8 Å². The van der Waals surface area contributed by atoms with E-state index >= 15 is 0 Å². The molecule has 38 heavy (non-hydrogen) atoms. The quantitative estimate of drug-likeness (QED) is 0.163. The number of carboxylic acids is 1. The first-order valence-corrected chi connectivity index (χ1v) is 12.3. The Balaban J connectivity index is 1.64. The van der Waals surface area contributed by atoms with Gasteiger partial charge in [0.05, 0.1) is 26.9 Å². The molecule has 0 spiro atoms. The molecule has 4 rings (SSSR count). The summed E-state index contributed by atoms with van der Waals surface area (Å²) < 4.78 is 23.2. The van der Waals surface area contributed by atoms with Crippen molar-refractivity contribution in [3.8, 4) is 34.2 Å². The number of esters is 1. The van der Waals surface area contributed by atoms with Crippen LogP contribution in [0, 0.1) is 0 Å². The van der Waals surface area contributed by atoms with Crippen LogP contribution in [0.2, 0.25) is 0 Å². The number of thioether (sulfide) groups is 1. The third-order valence-electron chi connectivity index (χ3n) is 5.52. The monoisotopic (exact) mass is 535 g/mol. The molecular weight excluding hydrogens is 510 g/mol. The topological polar surface area (TPSA) is 126 Å². The molecule has 2 aromatic carbocycles. The summed E-state index contributed by atoms with van der Waals surface area (Å²) in [6.07, 6.45) is 1.42. The van der Waals surface area contributed by atoms with E-state index in [0.717, 1.165) is 11.8 Å². The number of carbonyl (C=O) groups excluding carboxylic acids is 1. The third-order valence-corrected chi connectivity index (χ3v) is 6.52. The molecule has 1 N–H and O–H groups in total. The number of methoxy groups -OCH3 is 3. The highest BCUT2D eigenvalue weighted by atomic mass is 32.2. The van der Waals surface area contributed by atoms with Gasteiger partial charge in [0.25, 0.3) is 0 Å². The van der Waals surface area contributed by atoms with Gasteiger partial charge in [-0.15, -0.1) is 10.2 Å². The Morgan fingerprint density at radius 2 is 1.74 bits per heavy atom. The van der Waals surface area contributed by atoms with Crippen LogP contribution in [0.15, 0.2) is 69.1 Å². The van der Waals surface area contributed by atoms with Crippen molar-refractivity contribution in [3.63, 3.8) is 0 Å². The number of carbonyl (C=O) groups is 2. The lowest BCUT2D eigenvalue weighted by molar-refractivity contribution is -0.131. The van der Waals surface area contributed by atoms with E-state index < -0.39 is 11.9 Å². The smallest absolute Gasteiger partial charge is 0.342 e. The van der Waals surface area contributed by atoms with Crippen molar-refractivity contribution >= 4 is 29.8 Å². The zero-order valence-corrected chi connectivity index (χ0v) is 21.9. The number of hydrogen-bond donors (Lipinski definition) is 1. The Morgan fingerprint density at radius 1 is 1.00 bits per heavy atom. The molecule has 0 saturated heterocycles. The summed E-state index contributed by atoms with van der Waals surface area (Å²) in [6.45, 7) is 2.41. The molecule has 2 aromatic heterocycles. The fourth-order valence-corrected chi connectivity index (χ4v) is 4.53. The van der Waals surface area contributed by atoms with E-state index in [2.05, 4.69) is 10.2 Å². The molecule has 0 saturated carbocycles. The Bertz CT molecular complexity index is 1480. The second-order valence-corrected chi connectivity index (χ2v) is 8.85. The number of rotatable bonds is 10. The number of ether oxygens (including phenoxy) is 3. The number of aliphatic carboxylic acids is 1. The molecule has 0 aliphatic carbocycles. The lowest BCUT2D eigenvalue weighted by Crippen LogP contribution is -2.03. The fraction of sp³-hybridized carbons (Fsp3) is 0.185. The van der Waals surface area contributed by atoms with Crippen molar-refractivity contribution in [2.75, 3.05) is 21.3 Å². The van der Waals surface area contributed by atoms with E-state index in [1.54, 1.807) is 68.8 Å². The number of hydrogen-bond acceptors (Lipinski definition) is 9. The maximum Gasteiger partial charge on any atom is 0.342 e. The number of benzene rings is 2. The van der Waals surface area contributed by atoms with E-state index in [0.29, 0.717) is 57.2 Å². The minimum atomic E-state index is -1.14. The van der Waals surface area contributed by atoms with Crippen LogP contribution in [0.5, 0.6) is 11.5 Å². The molecule has 0 aliphatic rings. The summed E-state index contributed by atoms with van der Waals surface area (Å²) in [5.74, 6) is 0.928. The highest BCUT2D eigenvalue weighted by Gasteiger charge is 2.20. The molecule has 0 fully saturated rings. The van der Waals surface area contributed by atoms with Crippen LogP contribution in [-0.4, -0.2) is 53.1 Å². The van der Waals surface area contributed by atoms with Gasteiger partial charge in [-0.2, -0.15) is 0 Å². The summed E-state index contributed by atoms with van der Waals surface area (Å²) in [4.78, 5) is 23.9. The minimum absolute atomic E-state index is 0.00826. The van der Waals surface area contributed by atoms with Gasteiger partial charge >= 0.3 is 11.9 Å². The average molecular weight is 536 g/mol. The summed E-state index contributed by atoms with van der Waals surface area (Å²) in [5, 5.41) is 18.8. The van der Waals surface area contributed by atoms with E-state index in [9.17, 15) is 14.7 Å². The van der Waals surface area contributed by atoms with Crippen LogP contribution in [0.1, 0.15) is 23.0 Å². The normalized spacial score (nSPS) is 11.3. The predicted molar refractivity (Wildman–Crippen MR) is 141 cm³/mol. The standard InChI is InChI=1S/C27H25N3O7S/c1-5-30-24(18-12-20(34-2)14-21(13-18)35-3)28-29-27(30)38-23(25(31)32)15-19-9-10-22(37-19)16-7-6-8-17(11-16)26(33)36-4/h6-15H,5H2,1-4H3,(H,31,32)/b23-15-. The van der Waals surface area contributed by atoms with Gasteiger partial charge in [0.1, 0.15) is 27.9 Å². The molecule has 4 aromatic rings. The lowest BCUT2D eigenvalue weighted by atomic mass is 10.1. The zero-order chi connectivity index (χ0) is 27.2. The zero-order valence-electron chi connectivity index (χ0n) is 21.1. The van der Waals surface area contributed by atoms with Crippen molar-refractivity contribution in [1.29, 1.82) is 0 Å². The predicted octanol–water partition coefficient (Wildman–Crippen LogP) is 5.25. The molecular formula is C27H25N3O7S. The minimum Gasteiger partial charge on any atom is -0.497 e. The molecule has 11 heteroatoms. The summed E-state index contributed by atoms with van der Waals surface area (Å²) in [5.41, 5.74) is 1.75. The van der Waals surface area contributed by atoms with Gasteiger partial charge in [0.2, 0.25) is 0 Å². The van der Waals surface area contributed by atoms with Gasteiger partial charge in [-0.3, -0.25) is 0 Å². The molecule has 2 heterocycles. The van der Waals surface area contributed by atoms with Crippen LogP contribution in [0.25, 0.3) is 28.8 Å². The molecule has 0 amide bonds. The molecule has 0 aliphatic heterocycles. The van der Waals surface area contributed by atoms with Crippen molar-refractivity contribution in [2.45, 2.75) is 18.6 Å². The van der Waals surface area contributed by atoms with Crippen LogP contribution in [0.4, 0.5) is 0 Å². The summed E-state index contributed by atoms with van der Waals surface area (Å²) in [7, 11) is 4.43. The third kappa shape index (κ3) is 5.73. The first-order chi connectivity index (χ1) is 18.4. The van der Waals surface area contributed by atoms with E-state index in [1.165, 1.54) is 13.2 Å². The van der Waals surface area contributed by atoms with E-state index in [1.807, 2.05) is 11.5 Å². The van der Waals surface area contributed by atoms with Gasteiger partial charge in [-0.05, 0) is 55.1 Å². The first-order valence-electron chi connectivity index (χ1n) is 11.4. The van der Waals surface area contributed by atoms with Crippen molar-refractivity contribution in [2.24, 2.45) is 0 Å². The second-order valence-electron chi connectivity index (χ2n) is 7.84. The van der Waals surface area contributed by atoms with Crippen LogP contribution < -0.4 is 9.47 Å². The van der Waals surface area contributed by atoms with E-state index in [-0.39, 0.29) is 4.91 Å². The maximum absolute atomic E-state index is 12.1. The van der Waals surface area contributed by atoms with Crippen LogP contribution >= 0.6 is 11.8 Å². The van der Waals surface area contributed by atoms with Crippen molar-refractivity contribution in [3.05, 3.63) is 70.8 Å². The van der Waals surface area contributed by atoms with E-state index in [4.69, 9.17) is 18.6 Å². The maximum atomic E-state index is 12.1. The number of furan rings is 1. The molecule has 0 unspecified atom stereocenters. The largest absolute Gasteiger partial charge is 0.497 e. The number of aromatic nitrogens is 3.